The van der Waals surface area contributed by atoms with Gasteiger partial charge in [0, 0.05) is 51.0 Å². The molecule has 1 aromatic rings. The van der Waals surface area contributed by atoms with Crippen molar-refractivity contribution in [1.82, 2.24) is 10.2 Å². The molecule has 2 aliphatic rings. The third-order valence-electron chi connectivity index (χ3n) is 4.78. The lowest BCUT2D eigenvalue weighted by atomic mass is 9.85. The van der Waals surface area contributed by atoms with Gasteiger partial charge in [-0.05, 0) is 24.8 Å². The molecule has 0 bridgehead atoms. The molecule has 1 atom stereocenters. The van der Waals surface area contributed by atoms with E-state index in [0.29, 0.717) is 11.7 Å². The van der Waals surface area contributed by atoms with E-state index in [1.807, 2.05) is 6.07 Å². The van der Waals surface area contributed by atoms with Crippen LogP contribution in [0.1, 0.15) is 24.4 Å². The van der Waals surface area contributed by atoms with Crippen molar-refractivity contribution in [3.8, 4) is 5.75 Å². The SMILES string of the molecule is COc1c(F)cccc1[C@@H](C1CCOCC1)N1CCNCC1.Cl.Cl. The Morgan fingerprint density at radius 1 is 1.21 bits per heavy atom. The molecule has 4 nitrogen and oxygen atoms in total. The summed E-state index contributed by atoms with van der Waals surface area (Å²) in [5.74, 6) is 0.618. The van der Waals surface area contributed by atoms with Crippen LogP contribution in [0.25, 0.3) is 0 Å². The average molecular weight is 381 g/mol. The molecule has 138 valence electrons. The summed E-state index contributed by atoms with van der Waals surface area (Å²) in [7, 11) is 1.56. The van der Waals surface area contributed by atoms with Gasteiger partial charge in [0.15, 0.2) is 11.6 Å². The van der Waals surface area contributed by atoms with Crippen LogP contribution in [0, 0.1) is 11.7 Å². The molecule has 3 rings (SSSR count). The molecule has 2 aliphatic heterocycles. The molecular formula is C17H27Cl2FN2O2. The Bertz CT molecular complexity index is 477. The van der Waals surface area contributed by atoms with Crippen LogP contribution in [0.3, 0.4) is 0 Å². The molecular weight excluding hydrogens is 354 g/mol. The summed E-state index contributed by atoms with van der Waals surface area (Å²) >= 11 is 0. The third-order valence-corrected chi connectivity index (χ3v) is 4.78. The number of ether oxygens (including phenoxy) is 2. The Morgan fingerprint density at radius 3 is 2.50 bits per heavy atom. The first-order valence-electron chi connectivity index (χ1n) is 8.16. The van der Waals surface area contributed by atoms with Crippen LogP contribution in [-0.2, 0) is 4.74 Å². The largest absolute Gasteiger partial charge is 0.493 e. The summed E-state index contributed by atoms with van der Waals surface area (Å²) < 4.78 is 25.1. The van der Waals surface area contributed by atoms with Crippen molar-refractivity contribution in [2.24, 2.45) is 5.92 Å². The van der Waals surface area contributed by atoms with Gasteiger partial charge in [0.1, 0.15) is 0 Å². The molecule has 0 unspecified atom stereocenters. The van der Waals surface area contributed by atoms with Crippen molar-refractivity contribution in [3.05, 3.63) is 29.6 Å². The fourth-order valence-electron chi connectivity index (χ4n) is 3.71. The first-order chi connectivity index (χ1) is 10.8. The highest BCUT2D eigenvalue weighted by molar-refractivity contribution is 5.85. The van der Waals surface area contributed by atoms with Crippen LogP contribution >= 0.6 is 24.8 Å². The van der Waals surface area contributed by atoms with Crippen LogP contribution in [0.2, 0.25) is 0 Å². The molecule has 0 amide bonds. The second-order valence-electron chi connectivity index (χ2n) is 6.04. The third kappa shape index (κ3) is 4.73. The zero-order valence-electron chi connectivity index (χ0n) is 14.0. The number of rotatable bonds is 4. The van der Waals surface area contributed by atoms with Gasteiger partial charge in [-0.15, -0.1) is 24.8 Å². The van der Waals surface area contributed by atoms with Gasteiger partial charge in [-0.1, -0.05) is 12.1 Å². The quantitative estimate of drug-likeness (QED) is 0.870. The number of benzene rings is 1. The van der Waals surface area contributed by atoms with Crippen LogP contribution < -0.4 is 10.1 Å². The fraction of sp³-hybridized carbons (Fsp3) is 0.647. The second kappa shape index (κ2) is 10.4. The van der Waals surface area contributed by atoms with Gasteiger partial charge >= 0.3 is 0 Å². The Kier molecular flexibility index (Phi) is 9.31. The maximum Gasteiger partial charge on any atom is 0.165 e. The molecule has 2 fully saturated rings. The summed E-state index contributed by atoms with van der Waals surface area (Å²) in [5, 5.41) is 3.39. The summed E-state index contributed by atoms with van der Waals surface area (Å²) in [6.45, 7) is 5.54. The monoisotopic (exact) mass is 380 g/mol. The first kappa shape index (κ1) is 21.5. The van der Waals surface area contributed by atoms with Gasteiger partial charge in [0.05, 0.1) is 7.11 Å². The average Bonchev–Trinajstić information content (AvgIpc) is 2.57. The summed E-state index contributed by atoms with van der Waals surface area (Å²) in [5.41, 5.74) is 0.983. The standard InChI is InChI=1S/C17H25FN2O2.2ClH/c1-21-17-14(3-2-4-15(17)18)16(13-5-11-22-12-6-13)20-9-7-19-8-10-20;;/h2-4,13,16,19H,5-12H2,1H3;2*1H/t16-;;/m1../s1. The molecule has 0 aliphatic carbocycles. The van der Waals surface area contributed by atoms with Gasteiger partial charge in [-0.3, -0.25) is 4.90 Å². The molecule has 0 saturated carbocycles. The van der Waals surface area contributed by atoms with Crippen molar-refractivity contribution >= 4 is 24.8 Å². The number of methoxy groups -OCH3 is 1. The van der Waals surface area contributed by atoms with Crippen molar-refractivity contribution in [2.45, 2.75) is 18.9 Å². The zero-order valence-corrected chi connectivity index (χ0v) is 15.6. The van der Waals surface area contributed by atoms with E-state index in [-0.39, 0.29) is 36.7 Å². The first-order valence-corrected chi connectivity index (χ1v) is 8.16. The van der Waals surface area contributed by atoms with Crippen molar-refractivity contribution in [1.29, 1.82) is 0 Å². The number of piperazine rings is 1. The normalized spacial score (nSPS) is 20.6. The molecule has 0 aromatic heterocycles. The summed E-state index contributed by atoms with van der Waals surface area (Å²) in [4.78, 5) is 2.48. The van der Waals surface area contributed by atoms with E-state index < -0.39 is 0 Å². The minimum atomic E-state index is -0.271. The Labute approximate surface area is 155 Å². The molecule has 7 heteroatoms. The Hall–Kier alpha value is -0.590. The van der Waals surface area contributed by atoms with E-state index in [1.165, 1.54) is 6.07 Å². The summed E-state index contributed by atoms with van der Waals surface area (Å²) in [6, 6.07) is 5.49. The van der Waals surface area contributed by atoms with Gasteiger partial charge in [0.2, 0.25) is 0 Å². The van der Waals surface area contributed by atoms with Gasteiger partial charge in [-0.25, -0.2) is 4.39 Å². The smallest absolute Gasteiger partial charge is 0.165 e. The highest BCUT2D eigenvalue weighted by Crippen LogP contribution is 2.40. The molecule has 1 N–H and O–H groups in total. The minimum Gasteiger partial charge on any atom is -0.493 e. The lowest BCUT2D eigenvalue weighted by Gasteiger charge is -2.41. The van der Waals surface area contributed by atoms with Crippen LogP contribution in [-0.4, -0.2) is 51.4 Å². The van der Waals surface area contributed by atoms with Gasteiger partial charge in [-0.2, -0.15) is 0 Å². The van der Waals surface area contributed by atoms with E-state index >= 15 is 0 Å². The number of para-hydroxylation sites is 1. The number of hydrogen-bond acceptors (Lipinski definition) is 4. The Morgan fingerprint density at radius 2 is 1.88 bits per heavy atom. The maximum atomic E-state index is 14.2. The highest BCUT2D eigenvalue weighted by Gasteiger charge is 2.33. The summed E-state index contributed by atoms with van der Waals surface area (Å²) in [6.07, 6.45) is 2.04. The molecule has 0 spiro atoms. The second-order valence-corrected chi connectivity index (χ2v) is 6.04. The van der Waals surface area contributed by atoms with E-state index in [0.717, 1.165) is 57.8 Å². The van der Waals surface area contributed by atoms with Crippen molar-refractivity contribution < 1.29 is 13.9 Å². The molecule has 24 heavy (non-hydrogen) atoms. The maximum absolute atomic E-state index is 14.2. The predicted molar refractivity (Wildman–Crippen MR) is 98.2 cm³/mol. The molecule has 2 saturated heterocycles. The minimum absolute atomic E-state index is 0. The van der Waals surface area contributed by atoms with Crippen LogP contribution in [0.15, 0.2) is 18.2 Å². The number of halogens is 3. The van der Waals surface area contributed by atoms with Crippen molar-refractivity contribution in [2.75, 3.05) is 46.5 Å². The van der Waals surface area contributed by atoms with Gasteiger partial charge in [0.25, 0.3) is 0 Å². The molecule has 2 heterocycles. The van der Waals surface area contributed by atoms with E-state index in [2.05, 4.69) is 10.2 Å². The predicted octanol–water partition coefficient (Wildman–Crippen LogP) is 3.05. The van der Waals surface area contributed by atoms with E-state index in [4.69, 9.17) is 9.47 Å². The van der Waals surface area contributed by atoms with E-state index in [1.54, 1.807) is 13.2 Å². The lowest BCUT2D eigenvalue weighted by molar-refractivity contribution is 0.0205. The van der Waals surface area contributed by atoms with E-state index in [9.17, 15) is 4.39 Å². The zero-order chi connectivity index (χ0) is 15.4. The molecule has 1 aromatic carbocycles. The number of hydrogen-bond donors (Lipinski definition) is 1. The van der Waals surface area contributed by atoms with Crippen molar-refractivity contribution in [3.63, 3.8) is 0 Å². The number of nitrogens with zero attached hydrogens (tertiary/aromatic N) is 1. The fourth-order valence-corrected chi connectivity index (χ4v) is 3.71. The van der Waals surface area contributed by atoms with Crippen LogP contribution in [0.5, 0.6) is 5.75 Å². The lowest BCUT2D eigenvalue weighted by Crippen LogP contribution is -2.47. The Balaban J connectivity index is 0.00000144. The molecule has 0 radical (unpaired) electrons. The van der Waals surface area contributed by atoms with Crippen LogP contribution in [0.4, 0.5) is 4.39 Å². The number of nitrogens with one attached hydrogen (secondary N) is 1. The topological polar surface area (TPSA) is 33.7 Å². The van der Waals surface area contributed by atoms with Gasteiger partial charge < -0.3 is 14.8 Å². The highest BCUT2D eigenvalue weighted by atomic mass is 35.5.